The summed E-state index contributed by atoms with van der Waals surface area (Å²) in [6.07, 6.45) is 0.664. The Balaban J connectivity index is 1.45. The lowest BCUT2D eigenvalue weighted by molar-refractivity contribution is -0.148. The number of nitrogens with zero attached hydrogens (tertiary/aromatic N) is 3. The molecule has 11 heteroatoms. The maximum absolute atomic E-state index is 13.5. The van der Waals surface area contributed by atoms with Crippen molar-refractivity contribution in [3.05, 3.63) is 30.3 Å². The van der Waals surface area contributed by atoms with Gasteiger partial charge in [-0.25, -0.2) is 10.3 Å². The summed E-state index contributed by atoms with van der Waals surface area (Å²) in [5.74, 6) is -2.55. The van der Waals surface area contributed by atoms with Crippen LogP contribution in [-0.4, -0.2) is 88.7 Å². The zero-order chi connectivity index (χ0) is 25.8. The van der Waals surface area contributed by atoms with Gasteiger partial charge in [0.15, 0.2) is 0 Å². The van der Waals surface area contributed by atoms with E-state index in [1.165, 1.54) is 11.8 Å². The highest BCUT2D eigenvalue weighted by atomic mass is 16.5. The predicted octanol–water partition coefficient (Wildman–Crippen LogP) is 1.13. The molecule has 0 radical (unpaired) electrons. The number of anilines is 1. The fraction of sp³-hybridized carbons (Fsp3) is 0.600. The van der Waals surface area contributed by atoms with Crippen LogP contribution in [0.15, 0.2) is 30.3 Å². The number of hydrogen-bond donors (Lipinski definition) is 4. The SMILES string of the molecule is CC(=O)N[C@H]1CCN(C(=O)O)C1[C@@H]1CC[C@H](C(=O)N2CCN(c3ccccc3)CC2)[C@@H](C(=O)NO)C1. The van der Waals surface area contributed by atoms with Gasteiger partial charge >= 0.3 is 6.09 Å². The van der Waals surface area contributed by atoms with Crippen molar-refractivity contribution in [2.24, 2.45) is 17.8 Å². The summed E-state index contributed by atoms with van der Waals surface area (Å²) in [7, 11) is 0. The second-order valence-corrected chi connectivity index (χ2v) is 9.97. The number of carbonyl (C=O) groups excluding carboxylic acids is 3. The molecule has 1 aromatic carbocycles. The van der Waals surface area contributed by atoms with Crippen LogP contribution in [0.5, 0.6) is 0 Å². The number of hydrogen-bond acceptors (Lipinski definition) is 6. The third kappa shape index (κ3) is 5.40. The highest BCUT2D eigenvalue weighted by Crippen LogP contribution is 2.41. The lowest BCUT2D eigenvalue weighted by Crippen LogP contribution is -2.55. The quantitative estimate of drug-likeness (QED) is 0.350. The van der Waals surface area contributed by atoms with Gasteiger partial charge in [-0.05, 0) is 43.7 Å². The Bertz CT molecular complexity index is 967. The molecule has 2 heterocycles. The Morgan fingerprint density at radius 1 is 0.917 bits per heavy atom. The van der Waals surface area contributed by atoms with Gasteiger partial charge in [0.25, 0.3) is 0 Å². The average Bonchev–Trinajstić information content (AvgIpc) is 3.31. The standard InChI is InChI=1S/C25H35N5O6/c1-16(31)26-21-9-10-30(25(34)35)22(21)17-7-8-19(20(15-17)23(32)27-36)24(33)29-13-11-28(12-14-29)18-5-3-2-4-6-18/h2-6,17,19-22,36H,7-15H2,1H3,(H,26,31)(H,27,32)(H,34,35)/t17-,19+,20+,21+,22?/m1/s1. The fourth-order valence-corrected chi connectivity index (χ4v) is 6.28. The van der Waals surface area contributed by atoms with E-state index in [2.05, 4.69) is 10.2 Å². The summed E-state index contributed by atoms with van der Waals surface area (Å²) in [5.41, 5.74) is 2.83. The molecule has 11 nitrogen and oxygen atoms in total. The smallest absolute Gasteiger partial charge is 0.407 e. The molecule has 3 aliphatic rings. The topological polar surface area (TPSA) is 143 Å². The molecule has 1 aliphatic carbocycles. The lowest BCUT2D eigenvalue weighted by Gasteiger charge is -2.43. The van der Waals surface area contributed by atoms with Crippen LogP contribution in [0.25, 0.3) is 0 Å². The van der Waals surface area contributed by atoms with Crippen LogP contribution < -0.4 is 15.7 Å². The van der Waals surface area contributed by atoms with Crippen molar-refractivity contribution in [1.82, 2.24) is 20.6 Å². The maximum atomic E-state index is 13.5. The Hall–Kier alpha value is -3.34. The van der Waals surface area contributed by atoms with E-state index < -0.39 is 29.9 Å². The summed E-state index contributed by atoms with van der Waals surface area (Å²) in [6.45, 7) is 4.16. The van der Waals surface area contributed by atoms with E-state index in [4.69, 9.17) is 0 Å². The number of carboxylic acid groups (broad SMARTS) is 1. The molecule has 2 saturated heterocycles. The van der Waals surface area contributed by atoms with Crippen molar-refractivity contribution in [3.63, 3.8) is 0 Å². The lowest BCUT2D eigenvalue weighted by atomic mass is 9.69. The molecule has 1 saturated carbocycles. The van der Waals surface area contributed by atoms with Crippen molar-refractivity contribution >= 4 is 29.5 Å². The molecule has 4 rings (SSSR count). The number of benzene rings is 1. The molecule has 5 atom stereocenters. The van der Waals surface area contributed by atoms with Crippen LogP contribution in [-0.2, 0) is 14.4 Å². The molecular weight excluding hydrogens is 466 g/mol. The highest BCUT2D eigenvalue weighted by Gasteiger charge is 2.48. The summed E-state index contributed by atoms with van der Waals surface area (Å²) in [5, 5.41) is 22.0. The second-order valence-electron chi connectivity index (χ2n) is 9.97. The van der Waals surface area contributed by atoms with Crippen LogP contribution in [0.2, 0.25) is 0 Å². The summed E-state index contributed by atoms with van der Waals surface area (Å²) < 4.78 is 0. The number of carbonyl (C=O) groups is 4. The third-order valence-electron chi connectivity index (χ3n) is 7.94. The van der Waals surface area contributed by atoms with Crippen molar-refractivity contribution in [2.75, 3.05) is 37.6 Å². The number of piperazine rings is 1. The van der Waals surface area contributed by atoms with Crippen LogP contribution in [0.1, 0.15) is 32.6 Å². The largest absolute Gasteiger partial charge is 0.465 e. The van der Waals surface area contributed by atoms with E-state index >= 15 is 0 Å². The van der Waals surface area contributed by atoms with Gasteiger partial charge in [-0.2, -0.15) is 0 Å². The highest BCUT2D eigenvalue weighted by molar-refractivity contribution is 5.87. The van der Waals surface area contributed by atoms with Crippen LogP contribution in [0, 0.1) is 17.8 Å². The Morgan fingerprint density at radius 2 is 1.61 bits per heavy atom. The summed E-state index contributed by atoms with van der Waals surface area (Å²) >= 11 is 0. The zero-order valence-corrected chi connectivity index (χ0v) is 20.5. The molecule has 0 spiro atoms. The van der Waals surface area contributed by atoms with Gasteiger partial charge in [-0.3, -0.25) is 19.6 Å². The Morgan fingerprint density at radius 3 is 2.22 bits per heavy atom. The number of para-hydroxylation sites is 1. The van der Waals surface area contributed by atoms with Gasteiger partial charge in [-0.1, -0.05) is 18.2 Å². The van der Waals surface area contributed by atoms with E-state index in [1.54, 1.807) is 10.4 Å². The molecule has 36 heavy (non-hydrogen) atoms. The fourth-order valence-electron chi connectivity index (χ4n) is 6.28. The molecule has 1 aromatic rings. The second kappa shape index (κ2) is 11.2. The minimum Gasteiger partial charge on any atom is -0.465 e. The first-order valence-electron chi connectivity index (χ1n) is 12.6. The molecule has 2 aliphatic heterocycles. The molecule has 4 amide bonds. The normalized spacial score (nSPS) is 28.5. The first kappa shape index (κ1) is 25.7. The van der Waals surface area contributed by atoms with E-state index in [0.717, 1.165) is 5.69 Å². The van der Waals surface area contributed by atoms with Crippen molar-refractivity contribution in [3.8, 4) is 0 Å². The van der Waals surface area contributed by atoms with Gasteiger partial charge < -0.3 is 25.1 Å². The summed E-state index contributed by atoms with van der Waals surface area (Å²) in [6, 6.07) is 9.18. The predicted molar refractivity (Wildman–Crippen MR) is 130 cm³/mol. The first-order chi connectivity index (χ1) is 17.3. The van der Waals surface area contributed by atoms with E-state index in [0.29, 0.717) is 52.0 Å². The van der Waals surface area contributed by atoms with Gasteiger partial charge in [0.05, 0.1) is 18.0 Å². The van der Waals surface area contributed by atoms with E-state index in [-0.39, 0.29) is 30.2 Å². The monoisotopic (exact) mass is 501 g/mol. The summed E-state index contributed by atoms with van der Waals surface area (Å²) in [4.78, 5) is 55.2. The van der Waals surface area contributed by atoms with Gasteiger partial charge in [0, 0.05) is 51.3 Å². The van der Waals surface area contributed by atoms with Crippen LogP contribution >= 0.6 is 0 Å². The molecule has 0 aromatic heterocycles. The molecular formula is C25H35N5O6. The number of nitrogens with one attached hydrogen (secondary N) is 2. The number of likely N-dealkylation sites (tertiary alicyclic amines) is 1. The van der Waals surface area contributed by atoms with Crippen LogP contribution in [0.3, 0.4) is 0 Å². The average molecular weight is 502 g/mol. The maximum Gasteiger partial charge on any atom is 0.407 e. The number of amides is 4. The van der Waals surface area contributed by atoms with Crippen LogP contribution in [0.4, 0.5) is 10.5 Å². The molecule has 196 valence electrons. The van der Waals surface area contributed by atoms with Gasteiger partial charge in [0.1, 0.15) is 0 Å². The molecule has 3 fully saturated rings. The van der Waals surface area contributed by atoms with Crippen molar-refractivity contribution in [1.29, 1.82) is 0 Å². The third-order valence-corrected chi connectivity index (χ3v) is 7.94. The van der Waals surface area contributed by atoms with E-state index in [9.17, 15) is 29.5 Å². The van der Waals surface area contributed by atoms with Crippen molar-refractivity contribution in [2.45, 2.75) is 44.7 Å². The van der Waals surface area contributed by atoms with Crippen molar-refractivity contribution < 1.29 is 29.5 Å². The number of rotatable bonds is 5. The molecule has 4 N–H and O–H groups in total. The minimum atomic E-state index is -1.06. The molecule has 1 unspecified atom stereocenters. The van der Waals surface area contributed by atoms with Gasteiger partial charge in [0.2, 0.25) is 17.7 Å². The number of hydroxylamine groups is 1. The Labute approximate surface area is 210 Å². The first-order valence-corrected chi connectivity index (χ1v) is 12.6. The van der Waals surface area contributed by atoms with Gasteiger partial charge in [-0.15, -0.1) is 0 Å². The zero-order valence-electron chi connectivity index (χ0n) is 20.5. The molecule has 0 bridgehead atoms. The Kier molecular flexibility index (Phi) is 7.97. The van der Waals surface area contributed by atoms with E-state index in [1.807, 2.05) is 30.3 Å². The minimum absolute atomic E-state index is 0.102.